The van der Waals surface area contributed by atoms with Crippen molar-refractivity contribution in [2.45, 2.75) is 26.3 Å². The molecule has 0 aliphatic carbocycles. The number of likely N-dealkylation sites (tertiary alicyclic amines) is 1. The molecule has 0 aromatic carbocycles. The number of thiophene rings is 1. The van der Waals surface area contributed by atoms with Gasteiger partial charge in [-0.25, -0.2) is 0 Å². The van der Waals surface area contributed by atoms with E-state index in [0.29, 0.717) is 12.6 Å². The maximum atomic E-state index is 6.02. The van der Waals surface area contributed by atoms with E-state index in [0.717, 1.165) is 20.1 Å². The summed E-state index contributed by atoms with van der Waals surface area (Å²) in [6, 6.07) is 2.57. The van der Waals surface area contributed by atoms with Crippen molar-refractivity contribution in [3.8, 4) is 0 Å². The summed E-state index contributed by atoms with van der Waals surface area (Å²) in [5.74, 6) is 1.55. The van der Waals surface area contributed by atoms with Crippen LogP contribution in [0.15, 0.2) is 14.3 Å². The molecule has 0 bridgehead atoms. The van der Waals surface area contributed by atoms with Gasteiger partial charge in [-0.1, -0.05) is 13.8 Å². The zero-order valence-electron chi connectivity index (χ0n) is 10.8. The Labute approximate surface area is 130 Å². The predicted octanol–water partition coefficient (Wildman–Crippen LogP) is 4.25. The monoisotopic (exact) mass is 394 g/mol. The Morgan fingerprint density at radius 3 is 2.44 bits per heavy atom. The molecule has 2 nitrogen and oxygen atoms in total. The van der Waals surface area contributed by atoms with Crippen LogP contribution in [-0.2, 0) is 0 Å². The van der Waals surface area contributed by atoms with E-state index in [1.165, 1.54) is 24.4 Å². The van der Waals surface area contributed by atoms with Gasteiger partial charge < -0.3 is 5.73 Å². The molecule has 0 saturated carbocycles. The Morgan fingerprint density at radius 2 is 2.00 bits per heavy atom. The quantitative estimate of drug-likeness (QED) is 0.828. The molecule has 1 fully saturated rings. The van der Waals surface area contributed by atoms with Crippen molar-refractivity contribution in [3.05, 3.63) is 19.2 Å². The predicted molar refractivity (Wildman–Crippen MR) is 86.0 cm³/mol. The first kappa shape index (κ1) is 15.0. The summed E-state index contributed by atoms with van der Waals surface area (Å²) in [6.45, 7) is 7.71. The van der Waals surface area contributed by atoms with Crippen LogP contribution in [-0.4, -0.2) is 24.5 Å². The minimum absolute atomic E-state index is 0.364. The van der Waals surface area contributed by atoms with Gasteiger partial charge in [-0.15, -0.1) is 11.3 Å². The molecule has 0 spiro atoms. The summed E-state index contributed by atoms with van der Waals surface area (Å²) in [5.41, 5.74) is 6.02. The summed E-state index contributed by atoms with van der Waals surface area (Å²) in [4.78, 5) is 3.92. The Morgan fingerprint density at radius 1 is 1.39 bits per heavy atom. The molecule has 1 aromatic heterocycles. The molecule has 5 heteroatoms. The topological polar surface area (TPSA) is 29.3 Å². The smallest absolute Gasteiger partial charge is 0.0843 e. The Hall–Kier alpha value is 0.580. The molecule has 3 atom stereocenters. The third-order valence-corrected chi connectivity index (χ3v) is 6.91. The molecule has 2 N–H and O–H groups in total. The number of piperidine rings is 1. The van der Waals surface area contributed by atoms with Gasteiger partial charge in [0.05, 0.1) is 9.83 Å². The van der Waals surface area contributed by atoms with Crippen molar-refractivity contribution in [1.82, 2.24) is 4.90 Å². The van der Waals surface area contributed by atoms with Crippen LogP contribution < -0.4 is 5.73 Å². The summed E-state index contributed by atoms with van der Waals surface area (Å²) in [7, 11) is 0. The fourth-order valence-electron chi connectivity index (χ4n) is 2.94. The zero-order chi connectivity index (χ0) is 13.3. The van der Waals surface area contributed by atoms with E-state index in [-0.39, 0.29) is 0 Å². The summed E-state index contributed by atoms with van der Waals surface area (Å²) < 4.78 is 2.30. The molecule has 0 radical (unpaired) electrons. The zero-order valence-corrected chi connectivity index (χ0v) is 14.8. The van der Waals surface area contributed by atoms with Crippen LogP contribution in [0.3, 0.4) is 0 Å². The lowest BCUT2D eigenvalue weighted by Crippen LogP contribution is -2.43. The van der Waals surface area contributed by atoms with Crippen LogP contribution >= 0.6 is 43.2 Å². The number of rotatable bonds is 3. The highest BCUT2D eigenvalue weighted by atomic mass is 79.9. The van der Waals surface area contributed by atoms with Crippen molar-refractivity contribution < 1.29 is 0 Å². The molecule has 1 aliphatic rings. The van der Waals surface area contributed by atoms with Crippen molar-refractivity contribution in [1.29, 1.82) is 0 Å². The summed E-state index contributed by atoms with van der Waals surface area (Å²) in [6.07, 6.45) is 1.34. The maximum Gasteiger partial charge on any atom is 0.0843 e. The van der Waals surface area contributed by atoms with Crippen molar-refractivity contribution >= 4 is 43.2 Å². The fourth-order valence-corrected chi connectivity index (χ4v) is 5.18. The van der Waals surface area contributed by atoms with Crippen LogP contribution in [0, 0.1) is 11.8 Å². The van der Waals surface area contributed by atoms with Gasteiger partial charge in [0, 0.05) is 29.0 Å². The van der Waals surface area contributed by atoms with Crippen molar-refractivity contribution in [2.75, 3.05) is 19.6 Å². The average molecular weight is 396 g/mol. The molecule has 1 aromatic rings. The summed E-state index contributed by atoms with van der Waals surface area (Å²) in [5, 5.41) is 0. The minimum atomic E-state index is 0.364. The van der Waals surface area contributed by atoms with E-state index < -0.39 is 0 Å². The molecular weight excluding hydrogens is 376 g/mol. The second-order valence-corrected chi connectivity index (χ2v) is 8.68. The van der Waals surface area contributed by atoms with Crippen molar-refractivity contribution in [2.24, 2.45) is 17.6 Å². The molecule has 0 amide bonds. The van der Waals surface area contributed by atoms with E-state index in [1.807, 2.05) is 0 Å². The Balaban J connectivity index is 2.17. The largest absolute Gasteiger partial charge is 0.329 e. The number of halogens is 2. The molecule has 2 heterocycles. The first-order valence-electron chi connectivity index (χ1n) is 6.40. The number of hydrogen-bond donors (Lipinski definition) is 1. The summed E-state index contributed by atoms with van der Waals surface area (Å²) >= 11 is 8.93. The van der Waals surface area contributed by atoms with Crippen LogP contribution in [0.25, 0.3) is 0 Å². The molecular formula is C13H20Br2N2S. The van der Waals surface area contributed by atoms with Gasteiger partial charge in [-0.3, -0.25) is 4.90 Å². The second kappa shape index (κ2) is 6.35. The molecule has 1 saturated heterocycles. The van der Waals surface area contributed by atoms with Gasteiger partial charge in [-0.05, 0) is 56.2 Å². The third-order valence-electron chi connectivity index (χ3n) is 3.55. The lowest BCUT2D eigenvalue weighted by atomic mass is 9.90. The number of nitrogens with zero attached hydrogens (tertiary/aromatic N) is 1. The number of nitrogens with two attached hydrogens (primary N) is 1. The molecule has 2 rings (SSSR count). The second-order valence-electron chi connectivity index (χ2n) is 5.42. The van der Waals surface area contributed by atoms with Crippen molar-refractivity contribution in [3.63, 3.8) is 0 Å². The van der Waals surface area contributed by atoms with Gasteiger partial charge in [0.2, 0.25) is 0 Å². The molecule has 1 aliphatic heterocycles. The van der Waals surface area contributed by atoms with Gasteiger partial charge in [0.15, 0.2) is 0 Å². The van der Waals surface area contributed by atoms with E-state index in [1.54, 1.807) is 11.3 Å². The third kappa shape index (κ3) is 3.37. The van der Waals surface area contributed by atoms with Gasteiger partial charge >= 0.3 is 0 Å². The fraction of sp³-hybridized carbons (Fsp3) is 0.692. The Kier molecular flexibility index (Phi) is 5.29. The molecule has 18 heavy (non-hydrogen) atoms. The van der Waals surface area contributed by atoms with Crippen LogP contribution in [0.5, 0.6) is 0 Å². The van der Waals surface area contributed by atoms with Crippen LogP contribution in [0.2, 0.25) is 0 Å². The SMILES string of the molecule is CC1CC(C)CN(C(CN)c2cc(Br)c(Br)s2)C1. The highest BCUT2D eigenvalue weighted by molar-refractivity contribution is 9.13. The van der Waals surface area contributed by atoms with Gasteiger partial charge in [-0.2, -0.15) is 0 Å². The standard InChI is InChI=1S/C13H20Br2N2S/c1-8-3-9(2)7-17(6-8)11(5-16)12-4-10(14)13(15)18-12/h4,8-9,11H,3,5-7,16H2,1-2H3. The number of hydrogen-bond acceptors (Lipinski definition) is 3. The first-order valence-corrected chi connectivity index (χ1v) is 8.80. The minimum Gasteiger partial charge on any atom is -0.329 e. The normalized spacial score (nSPS) is 27.4. The van der Waals surface area contributed by atoms with Crippen LogP contribution in [0.1, 0.15) is 31.2 Å². The highest BCUT2D eigenvalue weighted by Crippen LogP contribution is 2.38. The molecule has 3 unspecified atom stereocenters. The molecule has 102 valence electrons. The van der Waals surface area contributed by atoms with E-state index >= 15 is 0 Å². The highest BCUT2D eigenvalue weighted by Gasteiger charge is 2.28. The van der Waals surface area contributed by atoms with Gasteiger partial charge in [0.25, 0.3) is 0 Å². The van der Waals surface area contributed by atoms with Crippen LogP contribution in [0.4, 0.5) is 0 Å². The van der Waals surface area contributed by atoms with E-state index in [9.17, 15) is 0 Å². The van der Waals surface area contributed by atoms with Gasteiger partial charge in [0.1, 0.15) is 0 Å². The van der Waals surface area contributed by atoms with E-state index in [4.69, 9.17) is 5.73 Å². The maximum absolute atomic E-state index is 6.02. The lowest BCUT2D eigenvalue weighted by Gasteiger charge is -2.39. The first-order chi connectivity index (χ1) is 8.51. The van der Waals surface area contributed by atoms with E-state index in [2.05, 4.69) is 56.7 Å². The Bertz CT molecular complexity index is 378. The average Bonchev–Trinajstić information content (AvgIpc) is 2.58. The lowest BCUT2D eigenvalue weighted by molar-refractivity contribution is 0.0999.